The SMILES string of the molecule is CCN(CC(=O)N(C)CCC(N)=S)c1cccc(C)c1. The Balaban J connectivity index is 2.64. The number of carbonyl (C=O) groups is 1. The number of aryl methyl sites for hydroxylation is 1. The quantitative estimate of drug-likeness (QED) is 0.781. The Morgan fingerprint density at radius 1 is 1.40 bits per heavy atom. The van der Waals surface area contributed by atoms with E-state index in [9.17, 15) is 4.79 Å². The van der Waals surface area contributed by atoms with E-state index in [1.165, 1.54) is 5.56 Å². The third kappa shape index (κ3) is 5.17. The maximum Gasteiger partial charge on any atom is 0.241 e. The van der Waals surface area contributed by atoms with Gasteiger partial charge in [-0.25, -0.2) is 0 Å². The molecular weight excluding hydrogens is 270 g/mol. The topological polar surface area (TPSA) is 49.6 Å². The predicted molar refractivity (Wildman–Crippen MR) is 88.1 cm³/mol. The molecule has 1 aromatic carbocycles. The fourth-order valence-electron chi connectivity index (χ4n) is 1.90. The van der Waals surface area contributed by atoms with Crippen molar-refractivity contribution in [3.63, 3.8) is 0 Å². The van der Waals surface area contributed by atoms with Crippen molar-refractivity contribution in [2.45, 2.75) is 20.3 Å². The van der Waals surface area contributed by atoms with Crippen LogP contribution in [0.15, 0.2) is 24.3 Å². The van der Waals surface area contributed by atoms with Crippen LogP contribution >= 0.6 is 12.2 Å². The summed E-state index contributed by atoms with van der Waals surface area (Å²) < 4.78 is 0. The van der Waals surface area contributed by atoms with Crippen LogP contribution in [0.2, 0.25) is 0 Å². The van der Waals surface area contributed by atoms with Crippen LogP contribution in [0.4, 0.5) is 5.69 Å². The zero-order valence-electron chi connectivity index (χ0n) is 12.4. The molecule has 0 radical (unpaired) electrons. The highest BCUT2D eigenvalue weighted by Gasteiger charge is 2.14. The van der Waals surface area contributed by atoms with Crippen LogP contribution in [0.3, 0.4) is 0 Å². The Kier molecular flexibility index (Phi) is 6.45. The van der Waals surface area contributed by atoms with E-state index in [4.69, 9.17) is 18.0 Å². The van der Waals surface area contributed by atoms with Gasteiger partial charge in [0.15, 0.2) is 0 Å². The molecule has 2 N–H and O–H groups in total. The van der Waals surface area contributed by atoms with Gasteiger partial charge in [-0.05, 0) is 31.5 Å². The Hall–Kier alpha value is -1.62. The van der Waals surface area contributed by atoms with E-state index in [0.717, 1.165) is 12.2 Å². The van der Waals surface area contributed by atoms with Crippen LogP contribution in [-0.2, 0) is 4.79 Å². The van der Waals surface area contributed by atoms with Crippen LogP contribution in [0.25, 0.3) is 0 Å². The summed E-state index contributed by atoms with van der Waals surface area (Å²) in [7, 11) is 1.78. The van der Waals surface area contributed by atoms with Crippen molar-refractivity contribution in [3.8, 4) is 0 Å². The number of anilines is 1. The lowest BCUT2D eigenvalue weighted by atomic mass is 10.2. The number of benzene rings is 1. The third-order valence-corrected chi connectivity index (χ3v) is 3.40. The predicted octanol–water partition coefficient (Wildman–Crippen LogP) is 1.96. The smallest absolute Gasteiger partial charge is 0.241 e. The fourth-order valence-corrected chi connectivity index (χ4v) is 1.99. The second-order valence-corrected chi connectivity index (χ2v) is 5.41. The highest BCUT2D eigenvalue weighted by molar-refractivity contribution is 7.80. The van der Waals surface area contributed by atoms with Crippen LogP contribution in [0, 0.1) is 6.92 Å². The fraction of sp³-hybridized carbons (Fsp3) is 0.467. The summed E-state index contributed by atoms with van der Waals surface area (Å²) in [5, 5.41) is 0. The average molecular weight is 293 g/mol. The molecule has 0 atom stereocenters. The van der Waals surface area contributed by atoms with Gasteiger partial charge in [0.05, 0.1) is 11.5 Å². The molecule has 0 unspecified atom stereocenters. The first-order valence-electron chi connectivity index (χ1n) is 6.78. The number of rotatable bonds is 7. The maximum atomic E-state index is 12.2. The van der Waals surface area contributed by atoms with E-state index in [1.807, 2.05) is 32.0 Å². The molecule has 0 aliphatic rings. The molecule has 110 valence electrons. The van der Waals surface area contributed by atoms with Crippen molar-refractivity contribution in [2.24, 2.45) is 5.73 Å². The summed E-state index contributed by atoms with van der Waals surface area (Å²) in [5.74, 6) is 0.0737. The van der Waals surface area contributed by atoms with Crippen molar-refractivity contribution in [3.05, 3.63) is 29.8 Å². The first kappa shape index (κ1) is 16.4. The number of carbonyl (C=O) groups excluding carboxylic acids is 1. The monoisotopic (exact) mass is 293 g/mol. The summed E-state index contributed by atoms with van der Waals surface area (Å²) in [6.07, 6.45) is 0.564. The van der Waals surface area contributed by atoms with Gasteiger partial charge in [0, 0.05) is 32.2 Å². The summed E-state index contributed by atoms with van der Waals surface area (Å²) in [5.41, 5.74) is 7.72. The number of nitrogens with zero attached hydrogens (tertiary/aromatic N) is 2. The Labute approximate surface area is 126 Å². The summed E-state index contributed by atoms with van der Waals surface area (Å²) >= 11 is 4.83. The molecule has 0 spiro atoms. The number of hydrogen-bond donors (Lipinski definition) is 1. The van der Waals surface area contributed by atoms with Crippen molar-refractivity contribution in [2.75, 3.05) is 31.6 Å². The minimum atomic E-state index is 0.0737. The Morgan fingerprint density at radius 2 is 2.10 bits per heavy atom. The van der Waals surface area contributed by atoms with Gasteiger partial charge >= 0.3 is 0 Å². The Morgan fingerprint density at radius 3 is 2.65 bits per heavy atom. The molecule has 1 aromatic rings. The first-order chi connectivity index (χ1) is 9.43. The summed E-state index contributed by atoms with van der Waals surface area (Å²) in [6.45, 7) is 5.82. The van der Waals surface area contributed by atoms with Crippen molar-refractivity contribution >= 4 is 28.8 Å². The van der Waals surface area contributed by atoms with Gasteiger partial charge in [-0.2, -0.15) is 0 Å². The zero-order chi connectivity index (χ0) is 15.1. The molecule has 0 fully saturated rings. The number of nitrogens with two attached hydrogens (primary N) is 1. The van der Waals surface area contributed by atoms with Crippen molar-refractivity contribution < 1.29 is 4.79 Å². The Bertz CT molecular complexity index is 476. The van der Waals surface area contributed by atoms with Crippen LogP contribution in [0.1, 0.15) is 18.9 Å². The molecule has 20 heavy (non-hydrogen) atoms. The van der Waals surface area contributed by atoms with E-state index < -0.39 is 0 Å². The average Bonchev–Trinajstić information content (AvgIpc) is 2.41. The lowest BCUT2D eigenvalue weighted by molar-refractivity contribution is -0.128. The highest BCUT2D eigenvalue weighted by atomic mass is 32.1. The second-order valence-electron chi connectivity index (χ2n) is 4.88. The van der Waals surface area contributed by atoms with Crippen LogP contribution in [0.5, 0.6) is 0 Å². The summed E-state index contributed by atoms with van der Waals surface area (Å²) in [4.78, 5) is 16.4. The van der Waals surface area contributed by atoms with Gasteiger partial charge in [-0.15, -0.1) is 0 Å². The van der Waals surface area contributed by atoms with Gasteiger partial charge in [0.25, 0.3) is 0 Å². The van der Waals surface area contributed by atoms with Gasteiger partial charge in [-0.1, -0.05) is 24.4 Å². The molecule has 0 saturated heterocycles. The summed E-state index contributed by atoms with van der Waals surface area (Å²) in [6, 6.07) is 8.17. The third-order valence-electron chi connectivity index (χ3n) is 3.19. The first-order valence-corrected chi connectivity index (χ1v) is 7.18. The van der Waals surface area contributed by atoms with Crippen molar-refractivity contribution in [1.82, 2.24) is 4.90 Å². The molecule has 1 rings (SSSR count). The molecule has 0 saturated carbocycles. The zero-order valence-corrected chi connectivity index (χ0v) is 13.2. The molecule has 0 aromatic heterocycles. The van der Waals surface area contributed by atoms with E-state index in [1.54, 1.807) is 11.9 Å². The van der Waals surface area contributed by atoms with E-state index in [2.05, 4.69) is 11.0 Å². The highest BCUT2D eigenvalue weighted by Crippen LogP contribution is 2.15. The number of thiocarbonyl (C=S) groups is 1. The maximum absolute atomic E-state index is 12.2. The van der Waals surface area contributed by atoms with E-state index in [-0.39, 0.29) is 5.91 Å². The molecule has 0 bridgehead atoms. The number of likely N-dealkylation sites (N-methyl/N-ethyl adjacent to an activating group) is 2. The largest absolute Gasteiger partial charge is 0.393 e. The van der Waals surface area contributed by atoms with Crippen LogP contribution in [-0.4, -0.2) is 42.5 Å². The van der Waals surface area contributed by atoms with Crippen LogP contribution < -0.4 is 10.6 Å². The molecule has 4 nitrogen and oxygen atoms in total. The number of hydrogen-bond acceptors (Lipinski definition) is 3. The molecule has 5 heteroatoms. The van der Waals surface area contributed by atoms with Gasteiger partial charge in [-0.3, -0.25) is 4.79 Å². The lowest BCUT2D eigenvalue weighted by Gasteiger charge is -2.26. The lowest BCUT2D eigenvalue weighted by Crippen LogP contribution is -2.39. The molecule has 0 aliphatic carbocycles. The van der Waals surface area contributed by atoms with E-state index in [0.29, 0.717) is 24.5 Å². The normalized spacial score (nSPS) is 10.2. The molecule has 0 aliphatic heterocycles. The standard InChI is InChI=1S/C15H23N3OS/c1-4-18(13-7-5-6-12(2)10-13)11-15(19)17(3)9-8-14(16)20/h5-7,10H,4,8-9,11H2,1-3H3,(H2,16,20). The van der Waals surface area contributed by atoms with E-state index >= 15 is 0 Å². The van der Waals surface area contributed by atoms with Gasteiger partial charge < -0.3 is 15.5 Å². The molecule has 1 amide bonds. The van der Waals surface area contributed by atoms with Gasteiger partial charge in [0.2, 0.25) is 5.91 Å². The molecule has 0 heterocycles. The number of amides is 1. The van der Waals surface area contributed by atoms with Gasteiger partial charge in [0.1, 0.15) is 0 Å². The minimum Gasteiger partial charge on any atom is -0.393 e. The second kappa shape index (κ2) is 7.85. The molecular formula is C15H23N3OS. The minimum absolute atomic E-state index is 0.0737. The van der Waals surface area contributed by atoms with Crippen molar-refractivity contribution in [1.29, 1.82) is 0 Å².